The van der Waals surface area contributed by atoms with Crippen LogP contribution in [-0.2, 0) is 0 Å². The zero-order chi connectivity index (χ0) is 14.7. The Kier molecular flexibility index (Phi) is 3.56. The van der Waals surface area contributed by atoms with Gasteiger partial charge in [-0.3, -0.25) is 5.01 Å². The van der Waals surface area contributed by atoms with Crippen LogP contribution in [0, 0.1) is 0 Å². The number of hydrogen-bond donors (Lipinski definition) is 1. The number of anilines is 1. The first kappa shape index (κ1) is 13.2. The Morgan fingerprint density at radius 1 is 0.905 bits per heavy atom. The van der Waals surface area contributed by atoms with Gasteiger partial charge < -0.3 is 5.11 Å². The molecule has 1 N–H and O–H groups in total. The van der Waals surface area contributed by atoms with Gasteiger partial charge in [0.15, 0.2) is 0 Å². The lowest BCUT2D eigenvalue weighted by molar-refractivity contribution is 0.475. The van der Waals surface area contributed by atoms with E-state index in [0.717, 1.165) is 22.0 Å². The van der Waals surface area contributed by atoms with Crippen molar-refractivity contribution in [2.75, 3.05) is 12.1 Å². The van der Waals surface area contributed by atoms with Crippen LogP contribution in [-0.4, -0.2) is 18.4 Å². The summed E-state index contributed by atoms with van der Waals surface area (Å²) < 4.78 is 0. The highest BCUT2D eigenvalue weighted by Gasteiger charge is 2.05. The molecule has 0 aliphatic rings. The highest BCUT2D eigenvalue weighted by molar-refractivity contribution is 6.02. The van der Waals surface area contributed by atoms with Crippen molar-refractivity contribution in [2.45, 2.75) is 0 Å². The average molecular weight is 276 g/mol. The minimum Gasteiger partial charge on any atom is -0.507 e. The maximum absolute atomic E-state index is 10.1. The molecule has 21 heavy (non-hydrogen) atoms. The Balaban J connectivity index is 1.98. The van der Waals surface area contributed by atoms with E-state index in [0.29, 0.717) is 0 Å². The molecule has 0 spiro atoms. The van der Waals surface area contributed by atoms with Crippen LogP contribution in [0.1, 0.15) is 5.56 Å². The normalized spacial score (nSPS) is 11.1. The van der Waals surface area contributed by atoms with E-state index in [4.69, 9.17) is 0 Å². The van der Waals surface area contributed by atoms with E-state index in [1.54, 1.807) is 17.3 Å². The highest BCUT2D eigenvalue weighted by atomic mass is 16.3. The summed E-state index contributed by atoms with van der Waals surface area (Å²) >= 11 is 0. The number of fused-ring (bicyclic) bond motifs is 1. The quantitative estimate of drug-likeness (QED) is 0.579. The summed E-state index contributed by atoms with van der Waals surface area (Å²) in [5, 5.41) is 18.4. The van der Waals surface area contributed by atoms with E-state index in [1.165, 1.54) is 0 Å². The Labute approximate surface area is 123 Å². The summed E-state index contributed by atoms with van der Waals surface area (Å²) in [7, 11) is 1.88. The Morgan fingerprint density at radius 3 is 2.43 bits per heavy atom. The Hall–Kier alpha value is -2.81. The largest absolute Gasteiger partial charge is 0.507 e. The topological polar surface area (TPSA) is 35.8 Å². The van der Waals surface area contributed by atoms with Crippen LogP contribution >= 0.6 is 0 Å². The number of hydrazone groups is 1. The van der Waals surface area contributed by atoms with E-state index < -0.39 is 0 Å². The molecule has 0 saturated carbocycles. The Bertz CT molecular complexity index is 782. The molecule has 3 nitrogen and oxygen atoms in total. The molecule has 0 aliphatic carbocycles. The summed E-state index contributed by atoms with van der Waals surface area (Å²) in [5.41, 5.74) is 1.73. The zero-order valence-corrected chi connectivity index (χ0v) is 11.8. The number of nitrogens with zero attached hydrogens (tertiary/aromatic N) is 2. The molecular weight excluding hydrogens is 260 g/mol. The standard InChI is InChI=1S/C18H16N2O/c1-20(15-8-3-2-4-9-15)19-13-17-16-10-6-5-7-14(16)11-12-18(17)21/h2-13,21H,1H3. The number of benzene rings is 3. The Morgan fingerprint density at radius 2 is 1.62 bits per heavy atom. The predicted octanol–water partition coefficient (Wildman–Crippen LogP) is 4.02. The first-order chi connectivity index (χ1) is 10.3. The molecule has 0 unspecified atom stereocenters. The van der Waals surface area contributed by atoms with Gasteiger partial charge in [-0.25, -0.2) is 0 Å². The number of aromatic hydroxyl groups is 1. The monoisotopic (exact) mass is 276 g/mol. The van der Waals surface area contributed by atoms with Crippen LogP contribution in [0.2, 0.25) is 0 Å². The van der Waals surface area contributed by atoms with Gasteiger partial charge in [-0.15, -0.1) is 0 Å². The molecule has 0 aromatic heterocycles. The maximum atomic E-state index is 10.1. The fourth-order valence-electron chi connectivity index (χ4n) is 2.27. The highest BCUT2D eigenvalue weighted by Crippen LogP contribution is 2.25. The van der Waals surface area contributed by atoms with Crippen LogP contribution < -0.4 is 5.01 Å². The van der Waals surface area contributed by atoms with Crippen LogP contribution in [0.15, 0.2) is 71.8 Å². The molecule has 0 aliphatic heterocycles. The zero-order valence-electron chi connectivity index (χ0n) is 11.8. The molecular formula is C18H16N2O. The van der Waals surface area contributed by atoms with Gasteiger partial charge in [-0.1, -0.05) is 48.5 Å². The van der Waals surface area contributed by atoms with Crippen LogP contribution in [0.5, 0.6) is 5.75 Å². The van der Waals surface area contributed by atoms with Gasteiger partial charge >= 0.3 is 0 Å². The van der Waals surface area contributed by atoms with Crippen molar-refractivity contribution in [1.29, 1.82) is 0 Å². The van der Waals surface area contributed by atoms with Gasteiger partial charge in [-0.2, -0.15) is 5.10 Å². The number of phenols is 1. The average Bonchev–Trinajstić information content (AvgIpc) is 2.54. The van der Waals surface area contributed by atoms with Crippen molar-refractivity contribution in [3.8, 4) is 5.75 Å². The second-order valence-electron chi connectivity index (χ2n) is 4.82. The van der Waals surface area contributed by atoms with E-state index in [2.05, 4.69) is 5.10 Å². The first-order valence-electron chi connectivity index (χ1n) is 6.79. The van der Waals surface area contributed by atoms with E-state index in [-0.39, 0.29) is 5.75 Å². The number of hydrogen-bond acceptors (Lipinski definition) is 3. The molecule has 0 saturated heterocycles. The van der Waals surface area contributed by atoms with Crippen LogP contribution in [0.4, 0.5) is 5.69 Å². The fraction of sp³-hybridized carbons (Fsp3) is 0.0556. The number of para-hydroxylation sites is 1. The molecule has 3 rings (SSSR count). The predicted molar refractivity (Wildman–Crippen MR) is 88.1 cm³/mol. The SMILES string of the molecule is CN(N=Cc1c(O)ccc2ccccc12)c1ccccc1. The third-order valence-electron chi connectivity index (χ3n) is 3.44. The molecule has 0 amide bonds. The third kappa shape index (κ3) is 2.72. The lowest BCUT2D eigenvalue weighted by Gasteiger charge is -2.13. The molecule has 3 heteroatoms. The van der Waals surface area contributed by atoms with Crippen molar-refractivity contribution >= 4 is 22.7 Å². The summed E-state index contributed by atoms with van der Waals surface area (Å²) in [4.78, 5) is 0. The lowest BCUT2D eigenvalue weighted by Crippen LogP contribution is -2.08. The van der Waals surface area contributed by atoms with Gasteiger partial charge in [0.25, 0.3) is 0 Å². The smallest absolute Gasteiger partial charge is 0.125 e. The molecule has 0 bridgehead atoms. The summed E-state index contributed by atoms with van der Waals surface area (Å²) in [6.07, 6.45) is 1.70. The molecule has 0 heterocycles. The number of phenolic OH excluding ortho intramolecular Hbond substituents is 1. The summed E-state index contributed by atoms with van der Waals surface area (Å²) in [6, 6.07) is 21.4. The molecule has 0 fully saturated rings. The lowest BCUT2D eigenvalue weighted by atomic mass is 10.0. The van der Waals surface area contributed by atoms with E-state index in [1.807, 2.05) is 67.7 Å². The fourth-order valence-corrected chi connectivity index (χ4v) is 2.27. The summed E-state index contributed by atoms with van der Waals surface area (Å²) in [5.74, 6) is 0.235. The van der Waals surface area contributed by atoms with Crippen LogP contribution in [0.25, 0.3) is 10.8 Å². The van der Waals surface area contributed by atoms with E-state index in [9.17, 15) is 5.11 Å². The molecule has 3 aromatic rings. The summed E-state index contributed by atoms with van der Waals surface area (Å²) in [6.45, 7) is 0. The second-order valence-corrected chi connectivity index (χ2v) is 4.82. The third-order valence-corrected chi connectivity index (χ3v) is 3.44. The minimum absolute atomic E-state index is 0.235. The molecule has 3 aromatic carbocycles. The van der Waals surface area contributed by atoms with Crippen molar-refractivity contribution in [1.82, 2.24) is 0 Å². The van der Waals surface area contributed by atoms with E-state index >= 15 is 0 Å². The van der Waals surface area contributed by atoms with Gasteiger partial charge in [0, 0.05) is 12.6 Å². The van der Waals surface area contributed by atoms with Gasteiger partial charge in [-0.05, 0) is 29.0 Å². The van der Waals surface area contributed by atoms with Gasteiger partial charge in [0.1, 0.15) is 5.75 Å². The minimum atomic E-state index is 0.235. The van der Waals surface area contributed by atoms with Crippen molar-refractivity contribution < 1.29 is 5.11 Å². The first-order valence-corrected chi connectivity index (χ1v) is 6.79. The number of rotatable bonds is 3. The van der Waals surface area contributed by atoms with Crippen molar-refractivity contribution in [2.24, 2.45) is 5.10 Å². The maximum Gasteiger partial charge on any atom is 0.125 e. The molecule has 0 atom stereocenters. The molecule has 0 radical (unpaired) electrons. The van der Waals surface area contributed by atoms with Crippen molar-refractivity contribution in [3.63, 3.8) is 0 Å². The van der Waals surface area contributed by atoms with Crippen molar-refractivity contribution in [3.05, 3.63) is 72.3 Å². The van der Waals surface area contributed by atoms with Crippen LogP contribution in [0.3, 0.4) is 0 Å². The second kappa shape index (κ2) is 5.67. The molecule has 104 valence electrons. The van der Waals surface area contributed by atoms with Gasteiger partial charge in [0.2, 0.25) is 0 Å². The van der Waals surface area contributed by atoms with Gasteiger partial charge in [0.05, 0.1) is 11.9 Å².